The van der Waals surface area contributed by atoms with Gasteiger partial charge in [-0.25, -0.2) is 0 Å². The number of aliphatic hydroxyl groups excluding tert-OH is 1. The van der Waals surface area contributed by atoms with E-state index in [1.165, 1.54) is 7.11 Å². The van der Waals surface area contributed by atoms with E-state index >= 15 is 0 Å². The molecule has 1 aromatic rings. The second kappa shape index (κ2) is 20.7. The van der Waals surface area contributed by atoms with Crippen molar-refractivity contribution < 1.29 is 33.8 Å². The van der Waals surface area contributed by atoms with Crippen LogP contribution in [0.2, 0.25) is 0 Å². The quantitative estimate of drug-likeness (QED) is 0.150. The van der Waals surface area contributed by atoms with Crippen molar-refractivity contribution in [2.75, 3.05) is 34.9 Å². The summed E-state index contributed by atoms with van der Waals surface area (Å²) in [6, 6.07) is 6.36. The molecule has 1 saturated heterocycles. The summed E-state index contributed by atoms with van der Waals surface area (Å²) in [7, 11) is 6.45. The van der Waals surface area contributed by atoms with Crippen molar-refractivity contribution in [3.05, 3.63) is 48.0 Å². The Labute approximate surface area is 306 Å². The number of hydrogen-bond donors (Lipinski definition) is 4. The van der Waals surface area contributed by atoms with Crippen molar-refractivity contribution in [1.29, 1.82) is 0 Å². The number of nitrogens with one attached hydrogen (secondary N) is 3. The summed E-state index contributed by atoms with van der Waals surface area (Å²) in [5.74, 6) is -1.80. The van der Waals surface area contributed by atoms with Crippen LogP contribution < -0.4 is 16.0 Å². The molecule has 4 amide bonds. The minimum atomic E-state index is -0.882. The highest BCUT2D eigenvalue weighted by Crippen LogP contribution is 2.29. The average Bonchev–Trinajstić information content (AvgIpc) is 3.59. The predicted octanol–water partition coefficient (Wildman–Crippen LogP) is 3.45. The molecule has 1 heterocycles. The van der Waals surface area contributed by atoms with Gasteiger partial charge in [-0.05, 0) is 50.6 Å². The number of carbonyl (C=O) groups is 4. The van der Waals surface area contributed by atoms with Crippen LogP contribution in [0.3, 0.4) is 0 Å². The SMILES string of the molecule is C=C(CC)C([C@@H](CC(=O)N1CCCC1[C@H](OC)[C@@H](C)C(=O)N[C@H](C)[C@@H](O)c1ccccc1)OC)N(C)C(=O)[C@@H](NC(=O)[C@@H](NC)C(C)C)C(C)C. The maximum Gasteiger partial charge on any atom is 0.245 e. The van der Waals surface area contributed by atoms with Gasteiger partial charge < -0.3 is 40.3 Å². The molecule has 0 saturated carbocycles. The van der Waals surface area contributed by atoms with E-state index in [1.54, 1.807) is 44.9 Å². The number of likely N-dealkylation sites (tertiary alicyclic amines) is 1. The van der Waals surface area contributed by atoms with E-state index in [-0.39, 0.29) is 47.9 Å². The standard InChI is InChI=1S/C39H65N5O7/c1-13-25(6)34(43(10)39(49)33(24(4)5)42-38(48)32(40-9)23(2)3)30(50-11)22-31(45)44-21-17-20-29(44)36(51-12)26(7)37(47)41-27(8)35(46)28-18-15-14-16-19-28/h14-16,18-19,23-24,26-27,29-30,32-36,40,46H,6,13,17,20-22H2,1-5,7-12H3,(H,41,47)(H,42,48)/t26-,27-,29?,30-,32+,33+,34?,35-,36-/m1/s1. The number of methoxy groups -OCH3 is 2. The molecular weight excluding hydrogens is 650 g/mol. The van der Waals surface area contributed by atoms with Gasteiger partial charge in [-0.1, -0.05) is 84.0 Å². The van der Waals surface area contributed by atoms with Gasteiger partial charge in [0.25, 0.3) is 0 Å². The molecule has 12 nitrogen and oxygen atoms in total. The highest BCUT2D eigenvalue weighted by molar-refractivity contribution is 5.90. The van der Waals surface area contributed by atoms with Gasteiger partial charge in [-0.15, -0.1) is 0 Å². The van der Waals surface area contributed by atoms with E-state index in [0.29, 0.717) is 24.9 Å². The van der Waals surface area contributed by atoms with Gasteiger partial charge in [0.1, 0.15) is 6.04 Å². The molecule has 1 aliphatic rings. The van der Waals surface area contributed by atoms with Crippen LogP contribution in [0.1, 0.15) is 85.8 Å². The molecule has 4 N–H and O–H groups in total. The Kier molecular flexibility index (Phi) is 17.8. The lowest BCUT2D eigenvalue weighted by Crippen LogP contribution is -2.59. The molecular formula is C39H65N5O7. The average molecular weight is 716 g/mol. The first kappa shape index (κ1) is 43.8. The van der Waals surface area contributed by atoms with Crippen LogP contribution in [0.4, 0.5) is 0 Å². The van der Waals surface area contributed by atoms with Gasteiger partial charge in [0.15, 0.2) is 0 Å². The molecule has 2 rings (SSSR count). The Hall–Kier alpha value is -3.32. The van der Waals surface area contributed by atoms with Crippen molar-refractivity contribution >= 4 is 23.6 Å². The van der Waals surface area contributed by atoms with Crippen molar-refractivity contribution in [3.63, 3.8) is 0 Å². The zero-order valence-electron chi connectivity index (χ0n) is 32.8. The van der Waals surface area contributed by atoms with Crippen LogP contribution in [0, 0.1) is 17.8 Å². The lowest BCUT2D eigenvalue weighted by molar-refractivity contribution is -0.145. The fraction of sp³-hybridized carbons (Fsp3) is 0.692. The second-order valence-corrected chi connectivity index (χ2v) is 14.6. The summed E-state index contributed by atoms with van der Waals surface area (Å²) >= 11 is 0. The van der Waals surface area contributed by atoms with Crippen LogP contribution in [0.15, 0.2) is 42.5 Å². The van der Waals surface area contributed by atoms with Crippen LogP contribution in [0.25, 0.3) is 0 Å². The largest absolute Gasteiger partial charge is 0.386 e. The van der Waals surface area contributed by atoms with Gasteiger partial charge in [-0.2, -0.15) is 0 Å². The topological polar surface area (TPSA) is 150 Å². The van der Waals surface area contributed by atoms with Gasteiger partial charge in [-0.3, -0.25) is 19.2 Å². The molecule has 51 heavy (non-hydrogen) atoms. The number of rotatable bonds is 20. The number of ether oxygens (including phenoxy) is 2. The molecule has 9 atom stereocenters. The number of carbonyl (C=O) groups excluding carboxylic acids is 4. The molecule has 1 aliphatic heterocycles. The zero-order valence-corrected chi connectivity index (χ0v) is 32.8. The molecule has 2 unspecified atom stereocenters. The molecule has 1 aromatic carbocycles. The molecule has 0 aromatic heterocycles. The highest BCUT2D eigenvalue weighted by Gasteiger charge is 2.42. The molecule has 288 valence electrons. The Balaban J connectivity index is 2.24. The van der Waals surface area contributed by atoms with Crippen LogP contribution in [-0.2, 0) is 28.7 Å². The number of aliphatic hydroxyl groups is 1. The van der Waals surface area contributed by atoms with E-state index in [9.17, 15) is 24.3 Å². The summed E-state index contributed by atoms with van der Waals surface area (Å²) in [4.78, 5) is 58.1. The molecule has 0 spiro atoms. The van der Waals surface area contributed by atoms with E-state index in [2.05, 4.69) is 22.5 Å². The number of likely N-dealkylation sites (N-methyl/N-ethyl adjacent to an activating group) is 2. The fourth-order valence-corrected chi connectivity index (χ4v) is 7.15. The first-order chi connectivity index (χ1) is 24.0. The van der Waals surface area contributed by atoms with Crippen LogP contribution in [-0.4, -0.2) is 116 Å². The molecule has 0 bridgehead atoms. The minimum absolute atomic E-state index is 0.0211. The van der Waals surface area contributed by atoms with Gasteiger partial charge in [0.05, 0.1) is 54.8 Å². The predicted molar refractivity (Wildman–Crippen MR) is 200 cm³/mol. The normalized spacial score (nSPS) is 19.4. The summed E-state index contributed by atoms with van der Waals surface area (Å²) in [6.45, 7) is 17.9. The third-order valence-electron chi connectivity index (χ3n) is 10.3. The second-order valence-electron chi connectivity index (χ2n) is 14.6. The summed E-state index contributed by atoms with van der Waals surface area (Å²) in [5.41, 5.74) is 1.43. The van der Waals surface area contributed by atoms with Crippen molar-refractivity contribution in [2.24, 2.45) is 17.8 Å². The maximum atomic E-state index is 14.1. The van der Waals surface area contributed by atoms with E-state index in [0.717, 1.165) is 12.0 Å². The zero-order chi connectivity index (χ0) is 38.6. The molecule has 0 aliphatic carbocycles. The van der Waals surface area contributed by atoms with Crippen molar-refractivity contribution in [3.8, 4) is 0 Å². The Morgan fingerprint density at radius 2 is 1.57 bits per heavy atom. The van der Waals surface area contributed by atoms with E-state index in [4.69, 9.17) is 9.47 Å². The summed E-state index contributed by atoms with van der Waals surface area (Å²) in [6.07, 6.45) is -0.267. The van der Waals surface area contributed by atoms with Gasteiger partial charge in [0.2, 0.25) is 23.6 Å². The summed E-state index contributed by atoms with van der Waals surface area (Å²) < 4.78 is 11.8. The number of benzene rings is 1. The third-order valence-corrected chi connectivity index (χ3v) is 10.3. The summed E-state index contributed by atoms with van der Waals surface area (Å²) in [5, 5.41) is 19.7. The Morgan fingerprint density at radius 3 is 2.08 bits per heavy atom. The van der Waals surface area contributed by atoms with E-state index < -0.39 is 48.4 Å². The third kappa shape index (κ3) is 11.3. The highest BCUT2D eigenvalue weighted by atomic mass is 16.5. The lowest BCUT2D eigenvalue weighted by atomic mass is 9.92. The van der Waals surface area contributed by atoms with Crippen molar-refractivity contribution in [1.82, 2.24) is 25.8 Å². The number of hydrogen-bond acceptors (Lipinski definition) is 8. The fourth-order valence-electron chi connectivity index (χ4n) is 7.15. The van der Waals surface area contributed by atoms with Crippen LogP contribution in [0.5, 0.6) is 0 Å². The monoisotopic (exact) mass is 715 g/mol. The number of nitrogens with zero attached hydrogens (tertiary/aromatic N) is 2. The first-order valence-electron chi connectivity index (χ1n) is 18.4. The lowest BCUT2D eigenvalue weighted by Gasteiger charge is -2.39. The Morgan fingerprint density at radius 1 is 0.961 bits per heavy atom. The van der Waals surface area contributed by atoms with Gasteiger partial charge in [0, 0.05) is 27.8 Å². The first-order valence-corrected chi connectivity index (χ1v) is 18.4. The molecule has 12 heteroatoms. The van der Waals surface area contributed by atoms with Crippen LogP contribution >= 0.6 is 0 Å². The Bertz CT molecular complexity index is 1290. The number of amides is 4. The molecule has 1 fully saturated rings. The smallest absolute Gasteiger partial charge is 0.245 e. The minimum Gasteiger partial charge on any atom is -0.386 e. The van der Waals surface area contributed by atoms with Crippen molar-refractivity contribution in [2.45, 2.75) is 123 Å². The maximum absolute atomic E-state index is 14.1. The van der Waals surface area contributed by atoms with Gasteiger partial charge >= 0.3 is 0 Å². The van der Waals surface area contributed by atoms with E-state index in [1.807, 2.05) is 65.0 Å². The molecule has 0 radical (unpaired) electrons.